The number of aryl methyl sites for hydroxylation is 1. The molecule has 0 N–H and O–H groups in total. The Hall–Kier alpha value is -1.18. The van der Waals surface area contributed by atoms with Gasteiger partial charge in [-0.05, 0) is 31.0 Å². The summed E-state index contributed by atoms with van der Waals surface area (Å²) >= 11 is 0. The average molecular weight is 163 g/mol. The number of carbonyl (C=O) groups is 1. The first-order chi connectivity index (χ1) is 5.66. The topological polar surface area (TPSA) is 30.0 Å². The summed E-state index contributed by atoms with van der Waals surface area (Å²) in [5.41, 5.74) is 3.20. The summed E-state index contributed by atoms with van der Waals surface area (Å²) in [5, 5.41) is 0. The van der Waals surface area contributed by atoms with Crippen LogP contribution in [0.4, 0.5) is 0 Å². The number of carbonyl (C=O) groups excluding carboxylic acids is 1. The first-order valence-electron chi connectivity index (χ1n) is 4.04. The lowest BCUT2D eigenvalue weighted by Crippen LogP contribution is -2.02. The summed E-state index contributed by atoms with van der Waals surface area (Å²) in [6.45, 7) is 5.89. The zero-order valence-corrected chi connectivity index (χ0v) is 7.66. The third kappa shape index (κ3) is 1.52. The first-order valence-corrected chi connectivity index (χ1v) is 4.04. The molecule has 0 aromatic carbocycles. The van der Waals surface area contributed by atoms with Gasteiger partial charge in [0.2, 0.25) is 0 Å². The molecule has 0 aliphatic rings. The van der Waals surface area contributed by atoms with Gasteiger partial charge in [0.25, 0.3) is 0 Å². The van der Waals surface area contributed by atoms with Gasteiger partial charge < -0.3 is 4.79 Å². The van der Waals surface area contributed by atoms with Crippen LogP contribution < -0.4 is 0 Å². The fourth-order valence-corrected chi connectivity index (χ4v) is 1.18. The van der Waals surface area contributed by atoms with Crippen molar-refractivity contribution in [2.75, 3.05) is 0 Å². The first kappa shape index (κ1) is 8.91. The Morgan fingerprint density at radius 1 is 1.50 bits per heavy atom. The molecule has 0 aliphatic heterocycles. The maximum Gasteiger partial charge on any atom is 0.128 e. The Balaban J connectivity index is 3.15. The Labute approximate surface area is 72.6 Å². The smallest absolute Gasteiger partial charge is 0.128 e. The van der Waals surface area contributed by atoms with E-state index in [0.717, 1.165) is 17.5 Å². The Morgan fingerprint density at radius 2 is 2.17 bits per heavy atom. The molecule has 0 aliphatic carbocycles. The lowest BCUT2D eigenvalue weighted by Gasteiger charge is -2.08. The van der Waals surface area contributed by atoms with E-state index in [1.807, 2.05) is 26.8 Å². The van der Waals surface area contributed by atoms with Crippen LogP contribution in [0.2, 0.25) is 0 Å². The number of aromatic nitrogens is 1. The van der Waals surface area contributed by atoms with Crippen LogP contribution in [0.3, 0.4) is 0 Å². The van der Waals surface area contributed by atoms with Gasteiger partial charge in [-0.15, -0.1) is 0 Å². The van der Waals surface area contributed by atoms with Crippen molar-refractivity contribution in [2.45, 2.75) is 26.7 Å². The van der Waals surface area contributed by atoms with Crippen molar-refractivity contribution in [3.8, 4) is 0 Å². The van der Waals surface area contributed by atoms with Crippen LogP contribution in [0, 0.1) is 13.8 Å². The van der Waals surface area contributed by atoms with Gasteiger partial charge in [0.05, 0.1) is 11.6 Å². The van der Waals surface area contributed by atoms with E-state index in [-0.39, 0.29) is 5.92 Å². The van der Waals surface area contributed by atoms with E-state index in [0.29, 0.717) is 0 Å². The third-order valence-corrected chi connectivity index (χ3v) is 2.15. The molecule has 0 amide bonds. The van der Waals surface area contributed by atoms with Gasteiger partial charge in [-0.25, -0.2) is 0 Å². The maximum absolute atomic E-state index is 10.5. The molecule has 1 aromatic rings. The standard InChI is InChI=1S/C10H13NO/c1-7-4-5-11-10(9(7)3)8(2)6-12/h4-6,8H,1-3H3. The molecule has 0 fully saturated rings. The molecule has 1 unspecified atom stereocenters. The second-order valence-corrected chi connectivity index (χ2v) is 3.06. The van der Waals surface area contributed by atoms with Crippen molar-refractivity contribution in [1.82, 2.24) is 4.98 Å². The van der Waals surface area contributed by atoms with Crippen molar-refractivity contribution in [2.24, 2.45) is 0 Å². The normalized spacial score (nSPS) is 12.6. The van der Waals surface area contributed by atoms with Crippen molar-refractivity contribution < 1.29 is 4.79 Å². The molecule has 2 heteroatoms. The van der Waals surface area contributed by atoms with E-state index < -0.39 is 0 Å². The van der Waals surface area contributed by atoms with Gasteiger partial charge in [-0.1, -0.05) is 6.92 Å². The van der Waals surface area contributed by atoms with E-state index in [1.54, 1.807) is 6.20 Å². The highest BCUT2D eigenvalue weighted by Crippen LogP contribution is 2.17. The lowest BCUT2D eigenvalue weighted by atomic mass is 10.0. The van der Waals surface area contributed by atoms with Crippen LogP contribution in [-0.2, 0) is 4.79 Å². The van der Waals surface area contributed by atoms with Crippen molar-refractivity contribution >= 4 is 6.29 Å². The number of aldehydes is 1. The Bertz CT molecular complexity index is 294. The second-order valence-electron chi connectivity index (χ2n) is 3.06. The summed E-state index contributed by atoms with van der Waals surface area (Å²) in [6, 6.07) is 1.95. The summed E-state index contributed by atoms with van der Waals surface area (Å²) in [4.78, 5) is 14.7. The van der Waals surface area contributed by atoms with Crippen LogP contribution in [0.25, 0.3) is 0 Å². The average Bonchev–Trinajstić information content (AvgIpc) is 2.08. The number of rotatable bonds is 2. The van der Waals surface area contributed by atoms with Gasteiger partial charge in [-0.3, -0.25) is 4.98 Å². The summed E-state index contributed by atoms with van der Waals surface area (Å²) in [7, 11) is 0. The van der Waals surface area contributed by atoms with E-state index in [2.05, 4.69) is 4.98 Å². The maximum atomic E-state index is 10.5. The minimum Gasteiger partial charge on any atom is -0.303 e. The number of hydrogen-bond donors (Lipinski definition) is 0. The zero-order chi connectivity index (χ0) is 9.14. The van der Waals surface area contributed by atoms with Crippen LogP contribution in [0.15, 0.2) is 12.3 Å². The molecule has 64 valence electrons. The number of pyridine rings is 1. The minimum atomic E-state index is -0.0927. The largest absolute Gasteiger partial charge is 0.303 e. The Kier molecular flexibility index (Phi) is 2.58. The quantitative estimate of drug-likeness (QED) is 0.624. The molecule has 0 radical (unpaired) electrons. The van der Waals surface area contributed by atoms with Gasteiger partial charge in [0.1, 0.15) is 6.29 Å². The van der Waals surface area contributed by atoms with E-state index in [1.165, 1.54) is 5.56 Å². The van der Waals surface area contributed by atoms with Gasteiger partial charge in [0, 0.05) is 6.20 Å². The molecule has 0 spiro atoms. The predicted molar refractivity (Wildman–Crippen MR) is 48.2 cm³/mol. The summed E-state index contributed by atoms with van der Waals surface area (Å²) < 4.78 is 0. The number of nitrogens with zero attached hydrogens (tertiary/aromatic N) is 1. The van der Waals surface area contributed by atoms with E-state index in [9.17, 15) is 4.79 Å². The molecule has 2 nitrogen and oxygen atoms in total. The highest BCUT2D eigenvalue weighted by atomic mass is 16.1. The zero-order valence-electron chi connectivity index (χ0n) is 7.66. The Morgan fingerprint density at radius 3 is 2.75 bits per heavy atom. The van der Waals surface area contributed by atoms with Crippen LogP contribution in [0.5, 0.6) is 0 Å². The van der Waals surface area contributed by atoms with E-state index in [4.69, 9.17) is 0 Å². The molecule has 0 saturated carbocycles. The molecule has 12 heavy (non-hydrogen) atoms. The molecule has 1 rings (SSSR count). The van der Waals surface area contributed by atoms with Crippen LogP contribution in [0.1, 0.15) is 29.7 Å². The molecule has 1 heterocycles. The van der Waals surface area contributed by atoms with E-state index >= 15 is 0 Å². The highest BCUT2D eigenvalue weighted by molar-refractivity contribution is 5.61. The molecule has 1 aromatic heterocycles. The molecule has 0 bridgehead atoms. The highest BCUT2D eigenvalue weighted by Gasteiger charge is 2.09. The van der Waals surface area contributed by atoms with Crippen LogP contribution in [-0.4, -0.2) is 11.3 Å². The summed E-state index contributed by atoms with van der Waals surface area (Å²) in [6.07, 6.45) is 2.67. The van der Waals surface area contributed by atoms with Crippen molar-refractivity contribution in [1.29, 1.82) is 0 Å². The fraction of sp³-hybridized carbons (Fsp3) is 0.400. The molecule has 1 atom stereocenters. The van der Waals surface area contributed by atoms with Gasteiger partial charge in [-0.2, -0.15) is 0 Å². The monoisotopic (exact) mass is 163 g/mol. The van der Waals surface area contributed by atoms with Crippen LogP contribution >= 0.6 is 0 Å². The molecule has 0 saturated heterocycles. The lowest BCUT2D eigenvalue weighted by molar-refractivity contribution is -0.108. The fourth-order valence-electron chi connectivity index (χ4n) is 1.18. The van der Waals surface area contributed by atoms with Crippen molar-refractivity contribution in [3.63, 3.8) is 0 Å². The van der Waals surface area contributed by atoms with Crippen molar-refractivity contribution in [3.05, 3.63) is 29.1 Å². The third-order valence-electron chi connectivity index (χ3n) is 2.15. The van der Waals surface area contributed by atoms with Gasteiger partial charge >= 0.3 is 0 Å². The predicted octanol–water partition coefficient (Wildman–Crippen LogP) is 2.00. The summed E-state index contributed by atoms with van der Waals surface area (Å²) in [5.74, 6) is -0.0927. The molecular weight excluding hydrogens is 150 g/mol. The second kappa shape index (κ2) is 3.48. The van der Waals surface area contributed by atoms with Gasteiger partial charge in [0.15, 0.2) is 0 Å². The SMILES string of the molecule is Cc1ccnc(C(C)C=O)c1C. The minimum absolute atomic E-state index is 0.0927. The number of hydrogen-bond acceptors (Lipinski definition) is 2. The molecular formula is C10H13NO.